The van der Waals surface area contributed by atoms with Crippen LogP contribution in [0, 0.1) is 11.8 Å². The van der Waals surface area contributed by atoms with Gasteiger partial charge in [-0.2, -0.15) is 0 Å². The number of piperidine rings is 1. The molecule has 1 aromatic rings. The summed E-state index contributed by atoms with van der Waals surface area (Å²) in [5.41, 5.74) is 0. The number of benzene rings is 1. The van der Waals surface area contributed by atoms with Gasteiger partial charge in [-0.15, -0.1) is 0 Å². The van der Waals surface area contributed by atoms with E-state index >= 15 is 0 Å². The Balaban J connectivity index is 1.28. The molecule has 134 valence electrons. The normalized spacial score (nSPS) is 30.8. The van der Waals surface area contributed by atoms with Crippen molar-refractivity contribution in [3.8, 4) is 5.75 Å². The van der Waals surface area contributed by atoms with Gasteiger partial charge in [0, 0.05) is 30.1 Å². The molecule has 2 amide bonds. The van der Waals surface area contributed by atoms with Gasteiger partial charge in [0.25, 0.3) is 5.91 Å². The number of amides is 2. The molecule has 25 heavy (non-hydrogen) atoms. The monoisotopic (exact) mass is 362 g/mol. The maximum atomic E-state index is 12.2. The van der Waals surface area contributed by atoms with Crippen LogP contribution in [0.25, 0.3) is 0 Å². The Labute approximate surface area is 152 Å². The van der Waals surface area contributed by atoms with Crippen molar-refractivity contribution in [3.63, 3.8) is 0 Å². The molecular formula is C19H23ClN2O3. The number of likely N-dealkylation sites (tertiary alicyclic amines) is 1. The van der Waals surface area contributed by atoms with Gasteiger partial charge in [-0.05, 0) is 61.8 Å². The molecule has 0 bridgehead atoms. The van der Waals surface area contributed by atoms with Crippen molar-refractivity contribution in [2.24, 2.45) is 11.8 Å². The van der Waals surface area contributed by atoms with Crippen molar-refractivity contribution >= 4 is 23.4 Å². The predicted molar refractivity (Wildman–Crippen MR) is 94.4 cm³/mol. The van der Waals surface area contributed by atoms with Crippen LogP contribution >= 0.6 is 11.6 Å². The minimum atomic E-state index is -0.101. The number of rotatable bonds is 5. The van der Waals surface area contributed by atoms with Gasteiger partial charge in [-0.3, -0.25) is 9.59 Å². The summed E-state index contributed by atoms with van der Waals surface area (Å²) in [5.74, 6) is 1.92. The van der Waals surface area contributed by atoms with Crippen LogP contribution in [0.1, 0.15) is 32.1 Å². The third-order valence-corrected chi connectivity index (χ3v) is 5.94. The van der Waals surface area contributed by atoms with E-state index in [-0.39, 0.29) is 18.6 Å². The maximum absolute atomic E-state index is 12.2. The molecule has 0 spiro atoms. The van der Waals surface area contributed by atoms with E-state index in [0.29, 0.717) is 41.0 Å². The van der Waals surface area contributed by atoms with E-state index in [4.69, 9.17) is 16.3 Å². The Bertz CT molecular complexity index is 663. The number of fused-ring (bicyclic) bond motifs is 1. The summed E-state index contributed by atoms with van der Waals surface area (Å²) in [6, 6.07) is 7.47. The summed E-state index contributed by atoms with van der Waals surface area (Å²) in [4.78, 5) is 26.4. The lowest BCUT2D eigenvalue weighted by Gasteiger charge is -2.34. The molecule has 5 nitrogen and oxygen atoms in total. The first-order valence-electron chi connectivity index (χ1n) is 9.09. The van der Waals surface area contributed by atoms with E-state index in [1.165, 1.54) is 0 Å². The molecule has 1 saturated heterocycles. The fraction of sp³-hybridized carbons (Fsp3) is 0.579. The number of hydrogen-bond donors (Lipinski definition) is 1. The van der Waals surface area contributed by atoms with Crippen LogP contribution in [0.15, 0.2) is 24.3 Å². The largest absolute Gasteiger partial charge is 0.484 e. The van der Waals surface area contributed by atoms with Crippen molar-refractivity contribution in [1.29, 1.82) is 0 Å². The quantitative estimate of drug-likeness (QED) is 0.876. The first-order chi connectivity index (χ1) is 12.1. The molecule has 0 radical (unpaired) electrons. The van der Waals surface area contributed by atoms with Gasteiger partial charge in [-0.25, -0.2) is 0 Å². The molecule has 2 aliphatic carbocycles. The zero-order valence-corrected chi connectivity index (χ0v) is 14.9. The van der Waals surface area contributed by atoms with Gasteiger partial charge >= 0.3 is 0 Å². The standard InChI is InChI=1S/C19H23ClN2O3/c20-12-4-6-13(7-5-12)25-11-18(23)21-16-10-17(15-9-14(15)16)22-8-2-1-3-19(22)24/h4-7,14-17H,1-3,8-11H2,(H,21,23)/t14?,15-,16-,17+/m0/s1. The van der Waals surface area contributed by atoms with Gasteiger partial charge in [0.05, 0.1) is 0 Å². The van der Waals surface area contributed by atoms with Gasteiger partial charge in [0.2, 0.25) is 5.91 Å². The minimum Gasteiger partial charge on any atom is -0.484 e. The summed E-state index contributed by atoms with van der Waals surface area (Å²) in [6.07, 6.45) is 4.80. The van der Waals surface area contributed by atoms with E-state index in [1.54, 1.807) is 24.3 Å². The summed E-state index contributed by atoms with van der Waals surface area (Å²) < 4.78 is 5.51. The van der Waals surface area contributed by atoms with E-state index in [2.05, 4.69) is 10.2 Å². The topological polar surface area (TPSA) is 58.6 Å². The first-order valence-corrected chi connectivity index (χ1v) is 9.47. The summed E-state index contributed by atoms with van der Waals surface area (Å²) in [7, 11) is 0. The van der Waals surface area contributed by atoms with E-state index in [9.17, 15) is 9.59 Å². The number of carbonyl (C=O) groups excluding carboxylic acids is 2. The van der Waals surface area contributed by atoms with Crippen molar-refractivity contribution in [1.82, 2.24) is 10.2 Å². The zero-order valence-electron chi connectivity index (χ0n) is 14.1. The van der Waals surface area contributed by atoms with E-state index in [1.807, 2.05) is 0 Å². The summed E-state index contributed by atoms with van der Waals surface area (Å²) in [6.45, 7) is 0.885. The lowest BCUT2D eigenvalue weighted by molar-refractivity contribution is -0.136. The zero-order chi connectivity index (χ0) is 17.4. The van der Waals surface area contributed by atoms with Gasteiger partial charge in [0.1, 0.15) is 5.75 Å². The van der Waals surface area contributed by atoms with Crippen molar-refractivity contribution in [2.75, 3.05) is 13.2 Å². The Hall–Kier alpha value is -1.75. The highest BCUT2D eigenvalue weighted by atomic mass is 35.5. The number of nitrogens with one attached hydrogen (secondary N) is 1. The molecule has 4 atom stereocenters. The fourth-order valence-corrected chi connectivity index (χ4v) is 4.51. The Morgan fingerprint density at radius 2 is 2.00 bits per heavy atom. The van der Waals surface area contributed by atoms with Crippen LogP contribution in [0.2, 0.25) is 5.02 Å². The number of carbonyl (C=O) groups is 2. The Kier molecular flexibility index (Phi) is 4.59. The second kappa shape index (κ2) is 6.87. The smallest absolute Gasteiger partial charge is 0.258 e. The third kappa shape index (κ3) is 3.61. The molecule has 3 fully saturated rings. The van der Waals surface area contributed by atoms with Crippen molar-refractivity contribution < 1.29 is 14.3 Å². The van der Waals surface area contributed by atoms with Gasteiger partial charge < -0.3 is 15.0 Å². The Morgan fingerprint density at radius 3 is 2.76 bits per heavy atom. The lowest BCUT2D eigenvalue weighted by atomic mass is 10.0. The highest BCUT2D eigenvalue weighted by Gasteiger charge is 2.57. The third-order valence-electron chi connectivity index (χ3n) is 5.69. The number of nitrogens with zero attached hydrogens (tertiary/aromatic N) is 1. The fourth-order valence-electron chi connectivity index (χ4n) is 4.38. The van der Waals surface area contributed by atoms with Crippen LogP contribution in [-0.2, 0) is 9.59 Å². The lowest BCUT2D eigenvalue weighted by Crippen LogP contribution is -2.45. The number of hydrogen-bond acceptors (Lipinski definition) is 3. The minimum absolute atomic E-state index is 0.00281. The molecule has 3 aliphatic rings. The van der Waals surface area contributed by atoms with Crippen LogP contribution in [0.5, 0.6) is 5.75 Å². The average molecular weight is 363 g/mol. The number of halogens is 1. The highest BCUT2D eigenvalue weighted by molar-refractivity contribution is 6.30. The van der Waals surface area contributed by atoms with Crippen LogP contribution in [-0.4, -0.2) is 41.9 Å². The molecule has 2 saturated carbocycles. The predicted octanol–water partition coefficient (Wildman–Crippen LogP) is 2.62. The summed E-state index contributed by atoms with van der Waals surface area (Å²) >= 11 is 5.83. The van der Waals surface area contributed by atoms with Crippen LogP contribution < -0.4 is 10.1 Å². The SMILES string of the molecule is O=C(COc1ccc(Cl)cc1)N[C@H]1C[C@@H](N2CCCCC2=O)[C@H]2CC12. The molecule has 6 heteroatoms. The maximum Gasteiger partial charge on any atom is 0.258 e. The molecule has 1 heterocycles. The highest BCUT2D eigenvalue weighted by Crippen LogP contribution is 2.54. The van der Waals surface area contributed by atoms with Gasteiger partial charge in [-0.1, -0.05) is 11.6 Å². The van der Waals surface area contributed by atoms with Crippen LogP contribution in [0.4, 0.5) is 0 Å². The van der Waals surface area contributed by atoms with Gasteiger partial charge in [0.15, 0.2) is 6.61 Å². The number of ether oxygens (including phenoxy) is 1. The first kappa shape index (κ1) is 16.7. The molecule has 0 aromatic heterocycles. The van der Waals surface area contributed by atoms with Crippen LogP contribution in [0.3, 0.4) is 0 Å². The molecule has 1 unspecified atom stereocenters. The van der Waals surface area contributed by atoms with E-state index < -0.39 is 0 Å². The molecule has 1 aliphatic heterocycles. The second-order valence-corrected chi connectivity index (χ2v) is 7.76. The van der Waals surface area contributed by atoms with E-state index in [0.717, 1.165) is 32.2 Å². The Morgan fingerprint density at radius 1 is 1.20 bits per heavy atom. The molecule has 4 rings (SSSR count). The average Bonchev–Trinajstić information content (AvgIpc) is 3.33. The van der Waals surface area contributed by atoms with Crippen molar-refractivity contribution in [3.05, 3.63) is 29.3 Å². The molecule has 1 aromatic carbocycles. The molecule has 1 N–H and O–H groups in total. The molecular weight excluding hydrogens is 340 g/mol. The summed E-state index contributed by atoms with van der Waals surface area (Å²) in [5, 5.41) is 3.75. The van der Waals surface area contributed by atoms with Crippen molar-refractivity contribution in [2.45, 2.75) is 44.2 Å². The second-order valence-electron chi connectivity index (χ2n) is 7.33.